The summed E-state index contributed by atoms with van der Waals surface area (Å²) in [7, 11) is 0. The summed E-state index contributed by atoms with van der Waals surface area (Å²) in [5, 5.41) is 11.2. The average molecular weight is 467 g/mol. The molecule has 3 aromatic rings. The Morgan fingerprint density at radius 3 is 2.56 bits per heavy atom. The zero-order valence-electron chi connectivity index (χ0n) is 18.5. The van der Waals surface area contributed by atoms with E-state index in [-0.39, 0.29) is 24.5 Å². The molecule has 0 bridgehead atoms. The van der Waals surface area contributed by atoms with Crippen molar-refractivity contribution in [2.45, 2.75) is 38.1 Å². The first-order chi connectivity index (χ1) is 16.4. The molecule has 0 unspecified atom stereocenters. The van der Waals surface area contributed by atoms with E-state index in [4.69, 9.17) is 19.6 Å². The maximum absolute atomic E-state index is 13.0. The fourth-order valence-corrected chi connectivity index (χ4v) is 4.62. The van der Waals surface area contributed by atoms with Gasteiger partial charge in [-0.2, -0.15) is 0 Å². The second-order valence-corrected chi connectivity index (χ2v) is 8.70. The molecule has 1 atom stereocenters. The fraction of sp³-hybridized carbons (Fsp3) is 0.375. The van der Waals surface area contributed by atoms with E-state index in [9.17, 15) is 19.5 Å². The number of carbonyl (C=O) groups excluding carboxylic acids is 1. The number of amides is 1. The van der Waals surface area contributed by atoms with E-state index >= 15 is 0 Å². The standard InChI is InChI=1S/C24H25N3O7/c25-21(29)9-15(16-6-13-7-19-20(33-12-32-19)10-17(13)26-24(16)31)23-22(30)18(28)8-14(34-23)11-27-4-2-1-3-5-27/h6-8,10,15,30H,1-5,9,11-12H2,(H2,25,29)(H,26,31)/t15-/m1/s1. The molecule has 1 aromatic carbocycles. The number of primary amides is 1. The van der Waals surface area contributed by atoms with E-state index in [0.29, 0.717) is 34.7 Å². The van der Waals surface area contributed by atoms with Crippen LogP contribution < -0.4 is 26.2 Å². The van der Waals surface area contributed by atoms with Crippen molar-refractivity contribution in [3.63, 3.8) is 0 Å². The van der Waals surface area contributed by atoms with E-state index < -0.39 is 28.6 Å². The van der Waals surface area contributed by atoms with Crippen LogP contribution in [0.15, 0.2) is 38.3 Å². The highest BCUT2D eigenvalue weighted by Crippen LogP contribution is 2.37. The average Bonchev–Trinajstić information content (AvgIpc) is 3.26. The largest absolute Gasteiger partial charge is 0.502 e. The van der Waals surface area contributed by atoms with Gasteiger partial charge >= 0.3 is 0 Å². The molecule has 0 saturated carbocycles. The Bertz CT molecular complexity index is 1370. The summed E-state index contributed by atoms with van der Waals surface area (Å²) in [6, 6.07) is 6.20. The van der Waals surface area contributed by atoms with Gasteiger partial charge in [0.15, 0.2) is 17.3 Å². The van der Waals surface area contributed by atoms with E-state index in [1.54, 1.807) is 18.2 Å². The van der Waals surface area contributed by atoms with Gasteiger partial charge in [0.25, 0.3) is 5.56 Å². The molecule has 5 rings (SSSR count). The summed E-state index contributed by atoms with van der Waals surface area (Å²) in [4.78, 5) is 42.5. The Morgan fingerprint density at radius 2 is 1.82 bits per heavy atom. The van der Waals surface area contributed by atoms with Crippen LogP contribution in [0.5, 0.6) is 17.2 Å². The number of aromatic nitrogens is 1. The molecular formula is C24H25N3O7. The van der Waals surface area contributed by atoms with Gasteiger partial charge in [-0.1, -0.05) is 6.42 Å². The lowest BCUT2D eigenvalue weighted by atomic mass is 9.92. The Labute approximate surface area is 193 Å². The number of ether oxygens (including phenoxy) is 2. The van der Waals surface area contributed by atoms with Gasteiger partial charge in [0.05, 0.1) is 18.0 Å². The minimum absolute atomic E-state index is 0.0793. The zero-order chi connectivity index (χ0) is 23.8. The lowest BCUT2D eigenvalue weighted by molar-refractivity contribution is -0.118. The van der Waals surface area contributed by atoms with Crippen LogP contribution in [-0.2, 0) is 11.3 Å². The van der Waals surface area contributed by atoms with Crippen LogP contribution in [0.1, 0.15) is 48.7 Å². The number of nitrogens with zero attached hydrogens (tertiary/aromatic N) is 1. The molecule has 2 aliphatic rings. The molecule has 10 nitrogen and oxygen atoms in total. The number of H-pyrrole nitrogens is 1. The number of hydrogen-bond donors (Lipinski definition) is 3. The van der Waals surface area contributed by atoms with Gasteiger partial charge in [0, 0.05) is 29.5 Å². The van der Waals surface area contributed by atoms with Crippen LogP contribution in [-0.4, -0.2) is 40.8 Å². The lowest BCUT2D eigenvalue weighted by Gasteiger charge is -2.26. The van der Waals surface area contributed by atoms with E-state index in [0.717, 1.165) is 32.4 Å². The summed E-state index contributed by atoms with van der Waals surface area (Å²) in [6.07, 6.45) is 2.95. The van der Waals surface area contributed by atoms with Gasteiger partial charge in [-0.3, -0.25) is 19.3 Å². The van der Waals surface area contributed by atoms with Crippen molar-refractivity contribution in [1.82, 2.24) is 9.88 Å². The van der Waals surface area contributed by atoms with Gasteiger partial charge in [0.1, 0.15) is 5.76 Å². The molecule has 1 saturated heterocycles. The molecule has 2 aliphatic heterocycles. The lowest BCUT2D eigenvalue weighted by Crippen LogP contribution is -2.29. The molecule has 2 aromatic heterocycles. The predicted octanol–water partition coefficient (Wildman–Crippen LogP) is 1.91. The number of nitrogens with two attached hydrogens (primary N) is 1. The van der Waals surface area contributed by atoms with Gasteiger partial charge in [0.2, 0.25) is 23.9 Å². The van der Waals surface area contributed by atoms with Crippen LogP contribution in [0.3, 0.4) is 0 Å². The zero-order valence-corrected chi connectivity index (χ0v) is 18.5. The molecule has 178 valence electrons. The number of pyridine rings is 1. The molecule has 0 spiro atoms. The number of piperidine rings is 1. The van der Waals surface area contributed by atoms with E-state index in [2.05, 4.69) is 9.88 Å². The first-order valence-electron chi connectivity index (χ1n) is 11.2. The number of rotatable bonds is 6. The van der Waals surface area contributed by atoms with Crippen molar-refractivity contribution in [3.8, 4) is 17.2 Å². The molecule has 4 N–H and O–H groups in total. The molecular weight excluding hydrogens is 442 g/mol. The van der Waals surface area contributed by atoms with Crippen molar-refractivity contribution in [2.24, 2.45) is 5.73 Å². The van der Waals surface area contributed by atoms with Gasteiger partial charge in [-0.25, -0.2) is 0 Å². The number of aromatic hydroxyl groups is 1. The maximum atomic E-state index is 13.0. The van der Waals surface area contributed by atoms with Crippen molar-refractivity contribution < 1.29 is 23.8 Å². The highest BCUT2D eigenvalue weighted by molar-refractivity contribution is 5.84. The van der Waals surface area contributed by atoms with Crippen LogP contribution >= 0.6 is 0 Å². The maximum Gasteiger partial charge on any atom is 0.252 e. The number of fused-ring (bicyclic) bond motifs is 2. The third-order valence-corrected chi connectivity index (χ3v) is 6.29. The van der Waals surface area contributed by atoms with Crippen LogP contribution in [0.2, 0.25) is 0 Å². The topological polar surface area (TPSA) is 148 Å². The Balaban J connectivity index is 1.60. The molecule has 10 heteroatoms. The minimum Gasteiger partial charge on any atom is -0.502 e. The Hall–Kier alpha value is -3.79. The molecule has 0 aliphatic carbocycles. The van der Waals surface area contributed by atoms with Crippen molar-refractivity contribution in [3.05, 3.63) is 61.9 Å². The van der Waals surface area contributed by atoms with Gasteiger partial charge in [-0.05, 0) is 38.1 Å². The quantitative estimate of drug-likeness (QED) is 0.498. The fourth-order valence-electron chi connectivity index (χ4n) is 4.62. The Kier molecular flexibility index (Phi) is 5.74. The van der Waals surface area contributed by atoms with E-state index in [1.807, 2.05) is 0 Å². The number of nitrogens with one attached hydrogen (secondary N) is 1. The van der Waals surface area contributed by atoms with Crippen LogP contribution in [0.4, 0.5) is 0 Å². The predicted molar refractivity (Wildman–Crippen MR) is 122 cm³/mol. The molecule has 0 radical (unpaired) electrons. The van der Waals surface area contributed by atoms with Crippen molar-refractivity contribution in [1.29, 1.82) is 0 Å². The summed E-state index contributed by atoms with van der Waals surface area (Å²) in [6.45, 7) is 2.23. The SMILES string of the molecule is NC(=O)C[C@@H](c1oc(CN2CCCCC2)cc(=O)c1O)c1cc2cc3c(cc2[nH]c1=O)OCO3. The Morgan fingerprint density at radius 1 is 1.09 bits per heavy atom. The second-order valence-electron chi connectivity index (χ2n) is 8.70. The number of likely N-dealkylation sites (tertiary alicyclic amines) is 1. The van der Waals surface area contributed by atoms with Gasteiger partial charge in [-0.15, -0.1) is 0 Å². The molecule has 1 fully saturated rings. The first-order valence-corrected chi connectivity index (χ1v) is 11.2. The van der Waals surface area contributed by atoms with Crippen LogP contribution in [0, 0.1) is 0 Å². The van der Waals surface area contributed by atoms with Crippen molar-refractivity contribution >= 4 is 16.8 Å². The highest BCUT2D eigenvalue weighted by atomic mass is 16.7. The third-order valence-electron chi connectivity index (χ3n) is 6.29. The number of benzene rings is 1. The number of aromatic amines is 1. The summed E-state index contributed by atoms with van der Waals surface area (Å²) >= 11 is 0. The first kappa shape index (κ1) is 22.0. The molecule has 1 amide bonds. The van der Waals surface area contributed by atoms with Crippen molar-refractivity contribution in [2.75, 3.05) is 19.9 Å². The van der Waals surface area contributed by atoms with Crippen LogP contribution in [0.25, 0.3) is 10.9 Å². The molecule has 34 heavy (non-hydrogen) atoms. The number of hydrogen-bond acceptors (Lipinski definition) is 8. The highest BCUT2D eigenvalue weighted by Gasteiger charge is 2.29. The molecule has 4 heterocycles. The normalized spacial score (nSPS) is 16.6. The van der Waals surface area contributed by atoms with E-state index in [1.165, 1.54) is 6.07 Å². The third kappa shape index (κ3) is 4.24. The summed E-state index contributed by atoms with van der Waals surface area (Å²) in [5.74, 6) is -1.16. The summed E-state index contributed by atoms with van der Waals surface area (Å²) < 4.78 is 16.7. The number of carbonyl (C=O) groups is 1. The monoisotopic (exact) mass is 467 g/mol. The second kappa shape index (κ2) is 8.86. The van der Waals surface area contributed by atoms with Gasteiger partial charge < -0.3 is 29.7 Å². The summed E-state index contributed by atoms with van der Waals surface area (Å²) in [5.41, 5.74) is 5.00. The minimum atomic E-state index is -1.05. The smallest absolute Gasteiger partial charge is 0.252 e.